The molecule has 0 aliphatic heterocycles. The van der Waals surface area contributed by atoms with Crippen molar-refractivity contribution in [1.82, 2.24) is 10.1 Å². The molecule has 0 radical (unpaired) electrons. The molecule has 0 aliphatic carbocycles. The Morgan fingerprint density at radius 1 is 1.30 bits per heavy atom. The molecule has 0 bridgehead atoms. The average Bonchev–Trinajstić information content (AvgIpc) is 2.95. The van der Waals surface area contributed by atoms with Gasteiger partial charge in [-0.15, -0.1) is 0 Å². The van der Waals surface area contributed by atoms with E-state index in [0.717, 1.165) is 5.56 Å². The van der Waals surface area contributed by atoms with Crippen molar-refractivity contribution in [2.24, 2.45) is 5.14 Å². The summed E-state index contributed by atoms with van der Waals surface area (Å²) in [5.74, 6) is 0.185. The highest BCUT2D eigenvalue weighted by atomic mass is 32.2. The average molecular weight is 337 g/mol. The molecule has 2 rings (SSSR count). The Hall–Kier alpha value is -2.19. The minimum Gasteiger partial charge on any atom is -0.359 e. The molecule has 124 valence electrons. The van der Waals surface area contributed by atoms with Gasteiger partial charge in [0.25, 0.3) is 0 Å². The van der Waals surface area contributed by atoms with Crippen molar-refractivity contribution in [3.8, 4) is 11.3 Å². The molecule has 1 aromatic heterocycles. The highest BCUT2D eigenvalue weighted by Gasteiger charge is 2.14. The Labute approximate surface area is 135 Å². The van der Waals surface area contributed by atoms with Crippen LogP contribution in [0.3, 0.4) is 0 Å². The second kappa shape index (κ2) is 7.38. The summed E-state index contributed by atoms with van der Waals surface area (Å²) < 4.78 is 26.9. The standard InChI is InChI=1S/C15H19N3O4S/c1-18(15(19)8-5-9-23(16,20)21)11-13-10-14(17-22-13)12-6-3-2-4-7-12/h2-4,6-7,10H,5,8-9,11H2,1H3,(H2,16,20,21). The predicted molar refractivity (Wildman–Crippen MR) is 85.6 cm³/mol. The maximum Gasteiger partial charge on any atom is 0.222 e. The van der Waals surface area contributed by atoms with Crippen molar-refractivity contribution in [1.29, 1.82) is 0 Å². The van der Waals surface area contributed by atoms with Crippen molar-refractivity contribution >= 4 is 15.9 Å². The molecule has 2 N–H and O–H groups in total. The van der Waals surface area contributed by atoms with E-state index in [4.69, 9.17) is 9.66 Å². The first-order chi connectivity index (χ1) is 10.8. The molecule has 0 unspecified atom stereocenters. The SMILES string of the molecule is CN(Cc1cc(-c2ccccc2)no1)C(=O)CCCS(N)(=O)=O. The molecule has 1 heterocycles. The molecule has 23 heavy (non-hydrogen) atoms. The van der Waals surface area contributed by atoms with Crippen LogP contribution >= 0.6 is 0 Å². The number of nitrogens with zero attached hydrogens (tertiary/aromatic N) is 2. The van der Waals surface area contributed by atoms with E-state index in [1.165, 1.54) is 4.90 Å². The number of aromatic nitrogens is 1. The van der Waals surface area contributed by atoms with E-state index in [1.54, 1.807) is 13.1 Å². The third kappa shape index (κ3) is 5.50. The van der Waals surface area contributed by atoms with Gasteiger partial charge < -0.3 is 9.42 Å². The quantitative estimate of drug-likeness (QED) is 0.821. The summed E-state index contributed by atoms with van der Waals surface area (Å²) in [4.78, 5) is 13.4. The third-order valence-electron chi connectivity index (χ3n) is 3.27. The lowest BCUT2D eigenvalue weighted by Gasteiger charge is -2.14. The van der Waals surface area contributed by atoms with Crippen LogP contribution in [0.15, 0.2) is 40.9 Å². The first-order valence-electron chi connectivity index (χ1n) is 7.10. The number of rotatable bonds is 7. The fourth-order valence-electron chi connectivity index (χ4n) is 2.07. The molecule has 7 nitrogen and oxygen atoms in total. The fourth-order valence-corrected chi connectivity index (χ4v) is 2.62. The number of nitrogens with two attached hydrogens (primary N) is 1. The van der Waals surface area contributed by atoms with Crippen LogP contribution in [-0.4, -0.2) is 37.2 Å². The lowest BCUT2D eigenvalue weighted by Crippen LogP contribution is -2.27. The number of carbonyl (C=O) groups excluding carboxylic acids is 1. The van der Waals surface area contributed by atoms with Crippen molar-refractivity contribution in [2.75, 3.05) is 12.8 Å². The van der Waals surface area contributed by atoms with Gasteiger partial charge in [-0.2, -0.15) is 0 Å². The Balaban J connectivity index is 1.89. The first kappa shape index (κ1) is 17.2. The zero-order valence-electron chi connectivity index (χ0n) is 12.8. The van der Waals surface area contributed by atoms with Gasteiger partial charge >= 0.3 is 0 Å². The lowest BCUT2D eigenvalue weighted by atomic mass is 10.1. The molecule has 0 aliphatic rings. The van der Waals surface area contributed by atoms with Crippen LogP contribution in [0.25, 0.3) is 11.3 Å². The van der Waals surface area contributed by atoms with Crippen LogP contribution in [0.1, 0.15) is 18.6 Å². The number of hydrogen-bond donors (Lipinski definition) is 1. The highest BCUT2D eigenvalue weighted by Crippen LogP contribution is 2.19. The topological polar surface area (TPSA) is 106 Å². The summed E-state index contributed by atoms with van der Waals surface area (Å²) in [5, 5.41) is 8.89. The molecule has 1 amide bonds. The molecule has 0 saturated heterocycles. The van der Waals surface area contributed by atoms with Crippen molar-refractivity contribution in [3.63, 3.8) is 0 Å². The smallest absolute Gasteiger partial charge is 0.222 e. The Morgan fingerprint density at radius 2 is 2.00 bits per heavy atom. The van der Waals surface area contributed by atoms with Crippen molar-refractivity contribution in [3.05, 3.63) is 42.2 Å². The molecule has 0 saturated carbocycles. The minimum absolute atomic E-state index is 0.118. The lowest BCUT2D eigenvalue weighted by molar-refractivity contribution is -0.130. The maximum atomic E-state index is 11.9. The maximum absolute atomic E-state index is 11.9. The van der Waals surface area contributed by atoms with E-state index in [2.05, 4.69) is 5.16 Å². The van der Waals surface area contributed by atoms with Crippen LogP contribution < -0.4 is 5.14 Å². The number of carbonyl (C=O) groups is 1. The minimum atomic E-state index is -3.53. The van der Waals surface area contributed by atoms with E-state index in [-0.39, 0.29) is 31.0 Å². The normalized spacial score (nSPS) is 11.4. The summed E-state index contributed by atoms with van der Waals surface area (Å²) in [7, 11) is -1.90. The molecule has 0 spiro atoms. The van der Waals surface area contributed by atoms with Gasteiger partial charge in [-0.05, 0) is 6.42 Å². The van der Waals surface area contributed by atoms with Gasteiger partial charge in [0, 0.05) is 25.1 Å². The molecular formula is C15H19N3O4S. The monoisotopic (exact) mass is 337 g/mol. The summed E-state index contributed by atoms with van der Waals surface area (Å²) in [6.07, 6.45) is 0.320. The Morgan fingerprint density at radius 3 is 2.65 bits per heavy atom. The number of primary sulfonamides is 1. The number of hydrogen-bond acceptors (Lipinski definition) is 5. The summed E-state index contributed by atoms with van der Waals surface area (Å²) in [6.45, 7) is 0.272. The van der Waals surface area contributed by atoms with E-state index in [9.17, 15) is 13.2 Å². The van der Waals surface area contributed by atoms with Crippen molar-refractivity contribution in [2.45, 2.75) is 19.4 Å². The molecule has 2 aromatic rings. The van der Waals surface area contributed by atoms with Gasteiger partial charge in [-0.1, -0.05) is 35.5 Å². The Kier molecular flexibility index (Phi) is 5.51. The van der Waals surface area contributed by atoms with Crippen LogP contribution in [-0.2, 0) is 21.4 Å². The number of sulfonamides is 1. The zero-order chi connectivity index (χ0) is 16.9. The van der Waals surface area contributed by atoms with E-state index in [1.807, 2.05) is 30.3 Å². The fraction of sp³-hybridized carbons (Fsp3) is 0.333. The highest BCUT2D eigenvalue weighted by molar-refractivity contribution is 7.89. The van der Waals surface area contributed by atoms with E-state index < -0.39 is 10.0 Å². The largest absolute Gasteiger partial charge is 0.359 e. The van der Waals surface area contributed by atoms with Crippen molar-refractivity contribution < 1.29 is 17.7 Å². The van der Waals surface area contributed by atoms with Crippen LogP contribution in [0.4, 0.5) is 0 Å². The number of amides is 1. The predicted octanol–water partition coefficient (Wildman–Crippen LogP) is 1.37. The number of benzene rings is 1. The second-order valence-electron chi connectivity index (χ2n) is 5.26. The van der Waals surface area contributed by atoms with Gasteiger partial charge in [0.05, 0.1) is 12.3 Å². The molecular weight excluding hydrogens is 318 g/mol. The summed E-state index contributed by atoms with van der Waals surface area (Å²) >= 11 is 0. The van der Waals surface area contributed by atoms with Gasteiger partial charge in [0.15, 0.2) is 5.76 Å². The second-order valence-corrected chi connectivity index (χ2v) is 7.00. The molecule has 1 aromatic carbocycles. The first-order valence-corrected chi connectivity index (χ1v) is 8.82. The Bertz CT molecular complexity index is 756. The van der Waals surface area contributed by atoms with Gasteiger partial charge in [-0.3, -0.25) is 4.79 Å². The molecule has 0 atom stereocenters. The third-order valence-corrected chi connectivity index (χ3v) is 4.12. The molecule has 0 fully saturated rings. The van der Waals surface area contributed by atoms with Crippen LogP contribution in [0.2, 0.25) is 0 Å². The van der Waals surface area contributed by atoms with Crippen LogP contribution in [0, 0.1) is 0 Å². The van der Waals surface area contributed by atoms with E-state index >= 15 is 0 Å². The van der Waals surface area contributed by atoms with Gasteiger partial charge in [0.1, 0.15) is 5.69 Å². The zero-order valence-corrected chi connectivity index (χ0v) is 13.6. The summed E-state index contributed by atoms with van der Waals surface area (Å²) in [5.41, 5.74) is 1.64. The summed E-state index contributed by atoms with van der Waals surface area (Å²) in [6, 6.07) is 11.4. The molecule has 8 heteroatoms. The van der Waals surface area contributed by atoms with E-state index in [0.29, 0.717) is 11.5 Å². The van der Waals surface area contributed by atoms with Gasteiger partial charge in [-0.25, -0.2) is 13.6 Å². The van der Waals surface area contributed by atoms with Crippen LogP contribution in [0.5, 0.6) is 0 Å². The van der Waals surface area contributed by atoms with Gasteiger partial charge in [0.2, 0.25) is 15.9 Å².